The van der Waals surface area contributed by atoms with E-state index in [1.807, 2.05) is 30.7 Å². The number of aliphatic hydroxyl groups excluding tert-OH is 1. The number of carbonyl (C=O) groups excluding carboxylic acids is 1. The van der Waals surface area contributed by atoms with Gasteiger partial charge in [0.25, 0.3) is 5.91 Å². The molecule has 37 heavy (non-hydrogen) atoms. The Labute approximate surface area is 216 Å². The van der Waals surface area contributed by atoms with Gasteiger partial charge in [0.1, 0.15) is 5.82 Å². The lowest BCUT2D eigenvalue weighted by molar-refractivity contribution is -0.00523. The van der Waals surface area contributed by atoms with E-state index in [-0.39, 0.29) is 36.0 Å². The van der Waals surface area contributed by atoms with Crippen molar-refractivity contribution in [2.75, 3.05) is 18.0 Å². The molecule has 8 heteroatoms. The van der Waals surface area contributed by atoms with Crippen LogP contribution < -0.4 is 10.2 Å². The van der Waals surface area contributed by atoms with Gasteiger partial charge in [0.15, 0.2) is 0 Å². The van der Waals surface area contributed by atoms with Gasteiger partial charge in [0.05, 0.1) is 42.4 Å². The summed E-state index contributed by atoms with van der Waals surface area (Å²) in [4.78, 5) is 19.5. The number of benzene rings is 2. The second kappa shape index (κ2) is 10.8. The molecule has 1 saturated heterocycles. The zero-order valence-electron chi connectivity index (χ0n) is 21.0. The number of hydrogen-bond acceptors (Lipinski definition) is 5. The zero-order chi connectivity index (χ0) is 25.9. The molecule has 1 saturated carbocycles. The Morgan fingerprint density at radius 3 is 2.57 bits per heavy atom. The number of carbonyl (C=O) groups is 1. The largest absolute Gasteiger partial charge is 0.389 e. The minimum Gasteiger partial charge on any atom is -0.389 e. The summed E-state index contributed by atoms with van der Waals surface area (Å²) in [5.74, 6) is 5.74. The van der Waals surface area contributed by atoms with Gasteiger partial charge < -0.3 is 24.6 Å². The number of nitrogens with zero attached hydrogens (tertiary/aromatic N) is 3. The highest BCUT2D eigenvalue weighted by molar-refractivity contribution is 5.95. The standard InChI is InChI=1S/C29H31FN4O3/c1-19-16-34(17-20(2)37-19)26-11-7-23(15-22(26)6-3-21-4-8-24(30)9-5-21)29(36)32-25-10-12-27(28(25)35)33-14-13-31-18-33/h4-5,7-9,11,13-15,18-20,25,27-28,35H,10,12,16-17H2,1-2H3,(H,32,36)/t19-,20+,25-,27-,28-/m1/s1. The van der Waals surface area contributed by atoms with Crippen molar-refractivity contribution in [3.05, 3.63) is 83.7 Å². The third-order valence-corrected chi connectivity index (χ3v) is 7.01. The van der Waals surface area contributed by atoms with Gasteiger partial charge in [0.2, 0.25) is 0 Å². The fourth-order valence-electron chi connectivity index (χ4n) is 5.26. The Balaban J connectivity index is 1.40. The molecular formula is C29H31FN4O3. The van der Waals surface area contributed by atoms with Crippen molar-refractivity contribution in [1.29, 1.82) is 0 Å². The van der Waals surface area contributed by atoms with Gasteiger partial charge in [0, 0.05) is 42.2 Å². The number of ether oxygens (including phenoxy) is 1. The lowest BCUT2D eigenvalue weighted by Crippen LogP contribution is -2.45. The highest BCUT2D eigenvalue weighted by Crippen LogP contribution is 2.31. The minimum absolute atomic E-state index is 0.0666. The molecule has 5 rings (SSSR count). The van der Waals surface area contributed by atoms with Gasteiger partial charge in [-0.2, -0.15) is 0 Å². The fourth-order valence-corrected chi connectivity index (χ4v) is 5.26. The molecule has 1 aromatic heterocycles. The number of halogens is 1. The first kappa shape index (κ1) is 25.0. The predicted molar refractivity (Wildman–Crippen MR) is 139 cm³/mol. The number of hydrogen-bond donors (Lipinski definition) is 2. The number of aliphatic hydroxyl groups is 1. The molecule has 3 aromatic rings. The van der Waals surface area contributed by atoms with E-state index in [0.29, 0.717) is 36.2 Å². The summed E-state index contributed by atoms with van der Waals surface area (Å²) >= 11 is 0. The van der Waals surface area contributed by atoms with Crippen molar-refractivity contribution in [3.63, 3.8) is 0 Å². The fraction of sp³-hybridized carbons (Fsp3) is 0.379. The monoisotopic (exact) mass is 502 g/mol. The molecule has 7 nitrogen and oxygen atoms in total. The molecule has 192 valence electrons. The molecule has 2 heterocycles. The Morgan fingerprint density at radius 1 is 1.11 bits per heavy atom. The first-order chi connectivity index (χ1) is 17.9. The molecule has 2 N–H and O–H groups in total. The van der Waals surface area contributed by atoms with Crippen LogP contribution in [0.4, 0.5) is 10.1 Å². The third kappa shape index (κ3) is 5.68. The smallest absolute Gasteiger partial charge is 0.251 e. The van der Waals surface area contributed by atoms with Gasteiger partial charge in [-0.3, -0.25) is 4.79 Å². The quantitative estimate of drug-likeness (QED) is 0.534. The van der Waals surface area contributed by atoms with Crippen LogP contribution in [-0.2, 0) is 4.74 Å². The summed E-state index contributed by atoms with van der Waals surface area (Å²) in [7, 11) is 0. The molecule has 1 amide bonds. The first-order valence-corrected chi connectivity index (χ1v) is 12.7. The Hall–Kier alpha value is -3.67. The molecule has 1 aliphatic carbocycles. The molecular weight excluding hydrogens is 471 g/mol. The van der Waals surface area contributed by atoms with Gasteiger partial charge in [-0.25, -0.2) is 9.37 Å². The van der Waals surface area contributed by atoms with Crippen LogP contribution in [0.15, 0.2) is 61.2 Å². The zero-order valence-corrected chi connectivity index (χ0v) is 21.0. The SMILES string of the molecule is C[C@@H]1CN(c2ccc(C(=O)N[C@@H]3CC[C@@H](n4ccnc4)[C@@H]3O)cc2C#Cc2ccc(F)cc2)C[C@H](C)O1. The molecule has 1 aliphatic heterocycles. The van der Waals surface area contributed by atoms with Crippen LogP contribution in [0.3, 0.4) is 0 Å². The summed E-state index contributed by atoms with van der Waals surface area (Å²) < 4.78 is 21.1. The number of nitrogens with one attached hydrogen (secondary N) is 1. The predicted octanol–water partition coefficient (Wildman–Crippen LogP) is 3.53. The maximum Gasteiger partial charge on any atom is 0.251 e. The highest BCUT2D eigenvalue weighted by atomic mass is 19.1. The van der Waals surface area contributed by atoms with Crippen LogP contribution in [-0.4, -0.2) is 58.0 Å². The summed E-state index contributed by atoms with van der Waals surface area (Å²) in [5, 5.41) is 13.8. The van der Waals surface area contributed by atoms with Crippen molar-refractivity contribution in [2.24, 2.45) is 0 Å². The second-order valence-corrected chi connectivity index (χ2v) is 9.88. The minimum atomic E-state index is -0.702. The van der Waals surface area contributed by atoms with Crippen LogP contribution >= 0.6 is 0 Å². The van der Waals surface area contributed by atoms with E-state index in [9.17, 15) is 14.3 Å². The maximum absolute atomic E-state index is 13.3. The molecule has 0 spiro atoms. The van der Waals surface area contributed by atoms with E-state index in [1.165, 1.54) is 12.1 Å². The molecule has 0 radical (unpaired) electrons. The van der Waals surface area contributed by atoms with E-state index < -0.39 is 6.10 Å². The second-order valence-electron chi connectivity index (χ2n) is 9.88. The third-order valence-electron chi connectivity index (χ3n) is 7.01. The van der Waals surface area contributed by atoms with Crippen molar-refractivity contribution in [3.8, 4) is 11.8 Å². The van der Waals surface area contributed by atoms with E-state index >= 15 is 0 Å². The lowest BCUT2D eigenvalue weighted by atomic mass is 10.0. The first-order valence-electron chi connectivity index (χ1n) is 12.7. The van der Waals surface area contributed by atoms with Crippen LogP contribution in [0.25, 0.3) is 0 Å². The number of aromatic nitrogens is 2. The number of anilines is 1. The van der Waals surface area contributed by atoms with Gasteiger partial charge >= 0.3 is 0 Å². The molecule has 2 aromatic carbocycles. The maximum atomic E-state index is 13.3. The number of morpholine rings is 1. The summed E-state index contributed by atoms with van der Waals surface area (Å²) in [6.45, 7) is 5.51. The number of imidazole rings is 1. The van der Waals surface area contributed by atoms with Gasteiger partial charge in [-0.1, -0.05) is 11.8 Å². The Kier molecular flexibility index (Phi) is 7.26. The van der Waals surface area contributed by atoms with E-state index in [1.54, 1.807) is 36.8 Å². The number of rotatable bonds is 4. The topological polar surface area (TPSA) is 79.6 Å². The Bertz CT molecular complexity index is 1290. The molecule has 0 bridgehead atoms. The summed E-state index contributed by atoms with van der Waals surface area (Å²) in [5.41, 5.74) is 2.79. The Morgan fingerprint density at radius 2 is 1.86 bits per heavy atom. The molecule has 2 fully saturated rings. The van der Waals surface area contributed by atoms with Gasteiger partial charge in [-0.15, -0.1) is 0 Å². The summed E-state index contributed by atoms with van der Waals surface area (Å²) in [6, 6.07) is 11.1. The highest BCUT2D eigenvalue weighted by Gasteiger charge is 2.36. The average molecular weight is 503 g/mol. The summed E-state index contributed by atoms with van der Waals surface area (Å²) in [6.07, 6.45) is 6.06. The van der Waals surface area contributed by atoms with Crippen molar-refractivity contribution < 1.29 is 19.0 Å². The normalized spacial score (nSPS) is 25.4. The van der Waals surface area contributed by atoms with Gasteiger partial charge in [-0.05, 0) is 69.2 Å². The average Bonchev–Trinajstić information content (AvgIpc) is 3.53. The van der Waals surface area contributed by atoms with Crippen LogP contribution in [0.2, 0.25) is 0 Å². The van der Waals surface area contributed by atoms with Crippen molar-refractivity contribution in [1.82, 2.24) is 14.9 Å². The van der Waals surface area contributed by atoms with Crippen LogP contribution in [0.5, 0.6) is 0 Å². The van der Waals surface area contributed by atoms with E-state index in [0.717, 1.165) is 12.1 Å². The van der Waals surface area contributed by atoms with E-state index in [4.69, 9.17) is 4.74 Å². The van der Waals surface area contributed by atoms with Crippen molar-refractivity contribution >= 4 is 11.6 Å². The van der Waals surface area contributed by atoms with Crippen molar-refractivity contribution in [2.45, 2.75) is 57.1 Å². The van der Waals surface area contributed by atoms with Crippen LogP contribution in [0, 0.1) is 17.7 Å². The molecule has 2 aliphatic rings. The van der Waals surface area contributed by atoms with Crippen LogP contribution in [0.1, 0.15) is 54.2 Å². The number of amides is 1. The molecule has 5 atom stereocenters. The molecule has 0 unspecified atom stereocenters. The lowest BCUT2D eigenvalue weighted by Gasteiger charge is -2.37. The van der Waals surface area contributed by atoms with E-state index in [2.05, 4.69) is 27.0 Å².